The van der Waals surface area contributed by atoms with Crippen molar-refractivity contribution in [1.29, 1.82) is 0 Å². The minimum atomic E-state index is -4.29. The molecule has 0 N–H and O–H groups in total. The molecule has 186 valence electrons. The van der Waals surface area contributed by atoms with Crippen LogP contribution in [0.25, 0.3) is 0 Å². The van der Waals surface area contributed by atoms with Gasteiger partial charge in [-0.15, -0.1) is 0 Å². The Morgan fingerprint density at radius 1 is 1.00 bits per heavy atom. The van der Waals surface area contributed by atoms with Crippen LogP contribution < -0.4 is 4.18 Å². The Hall–Kier alpha value is -3.59. The highest BCUT2D eigenvalue weighted by atomic mass is 32.2. The van der Waals surface area contributed by atoms with Crippen molar-refractivity contribution in [3.8, 4) is 5.75 Å². The summed E-state index contributed by atoms with van der Waals surface area (Å²) in [7, 11) is -4.29. The molecule has 0 unspecified atom stereocenters. The monoisotopic (exact) mass is 499 g/mol. The van der Waals surface area contributed by atoms with E-state index in [0.717, 1.165) is 12.0 Å². The summed E-state index contributed by atoms with van der Waals surface area (Å²) >= 11 is 0. The number of carbonyl (C=O) groups is 2. The third-order valence-corrected chi connectivity index (χ3v) is 6.51. The Balaban J connectivity index is 1.74. The zero-order valence-corrected chi connectivity index (χ0v) is 20.8. The second-order valence-electron chi connectivity index (χ2n) is 8.17. The van der Waals surface area contributed by atoms with E-state index in [1.807, 2.05) is 20.8 Å². The van der Waals surface area contributed by atoms with E-state index in [4.69, 9.17) is 13.3 Å². The smallest absolute Gasteiger partial charge is 0.340 e. The molecule has 0 fully saturated rings. The van der Waals surface area contributed by atoms with Crippen LogP contribution in [0.15, 0.2) is 76.2 Å². The summed E-state index contributed by atoms with van der Waals surface area (Å²) in [6, 6.07) is 15.3. The highest BCUT2D eigenvalue weighted by molar-refractivity contribution is 7.87. The average Bonchev–Trinajstić information content (AvgIpc) is 3.38. The number of rotatable bonds is 11. The Labute approximate surface area is 205 Å². The van der Waals surface area contributed by atoms with E-state index in [0.29, 0.717) is 13.0 Å². The fourth-order valence-electron chi connectivity index (χ4n) is 3.29. The Kier molecular flexibility index (Phi) is 8.70. The number of carbonyl (C=O) groups excluding carboxylic acids is 2. The van der Waals surface area contributed by atoms with Crippen molar-refractivity contribution in [2.75, 3.05) is 6.61 Å². The number of amides is 1. The van der Waals surface area contributed by atoms with Gasteiger partial charge >= 0.3 is 16.1 Å². The van der Waals surface area contributed by atoms with E-state index in [1.54, 1.807) is 35.2 Å². The zero-order valence-electron chi connectivity index (χ0n) is 20.0. The second kappa shape index (κ2) is 11.7. The maximum absolute atomic E-state index is 12.9. The first kappa shape index (κ1) is 26.0. The molecule has 2 aromatic carbocycles. The fourth-order valence-corrected chi connectivity index (χ4v) is 4.41. The van der Waals surface area contributed by atoms with Crippen LogP contribution in [-0.2, 0) is 21.4 Å². The van der Waals surface area contributed by atoms with Crippen molar-refractivity contribution in [3.05, 3.63) is 83.8 Å². The van der Waals surface area contributed by atoms with Gasteiger partial charge in [0.05, 0.1) is 18.4 Å². The summed E-state index contributed by atoms with van der Waals surface area (Å²) in [5.41, 5.74) is 0.701. The molecule has 0 bridgehead atoms. The molecule has 0 aliphatic rings. The summed E-state index contributed by atoms with van der Waals surface area (Å²) in [6.07, 6.45) is 2.98. The van der Waals surface area contributed by atoms with E-state index in [2.05, 4.69) is 0 Å². The summed E-state index contributed by atoms with van der Waals surface area (Å²) in [6.45, 7) is 6.27. The highest BCUT2D eigenvalue weighted by Gasteiger charge is 2.25. The maximum Gasteiger partial charge on any atom is 0.340 e. The largest absolute Gasteiger partial charge is 0.462 e. The average molecular weight is 500 g/mol. The first-order valence-electron chi connectivity index (χ1n) is 11.4. The number of hydrogen-bond donors (Lipinski definition) is 0. The van der Waals surface area contributed by atoms with E-state index in [1.165, 1.54) is 36.6 Å². The third kappa shape index (κ3) is 6.73. The lowest BCUT2D eigenvalue weighted by molar-refractivity contribution is 0.0494. The Bertz CT molecular complexity index is 1230. The zero-order chi connectivity index (χ0) is 25.4. The van der Waals surface area contributed by atoms with Crippen molar-refractivity contribution >= 4 is 22.0 Å². The van der Waals surface area contributed by atoms with Gasteiger partial charge in [-0.05, 0) is 62.2 Å². The van der Waals surface area contributed by atoms with E-state index in [9.17, 15) is 18.0 Å². The molecule has 0 radical (unpaired) electrons. The molecule has 0 saturated heterocycles. The van der Waals surface area contributed by atoms with E-state index in [-0.39, 0.29) is 40.5 Å². The topological polar surface area (TPSA) is 103 Å². The summed E-state index contributed by atoms with van der Waals surface area (Å²) in [5.74, 6) is -0.630. The molecule has 0 aliphatic heterocycles. The lowest BCUT2D eigenvalue weighted by Gasteiger charge is -2.26. The summed E-state index contributed by atoms with van der Waals surface area (Å²) in [5, 5.41) is 0. The van der Waals surface area contributed by atoms with Crippen molar-refractivity contribution in [2.45, 2.75) is 51.1 Å². The number of esters is 1. The van der Waals surface area contributed by atoms with Gasteiger partial charge in [0, 0.05) is 12.6 Å². The van der Waals surface area contributed by atoms with Crippen molar-refractivity contribution < 1.29 is 31.3 Å². The van der Waals surface area contributed by atoms with Crippen LogP contribution in [0.3, 0.4) is 0 Å². The molecular formula is C26H29NO7S. The Morgan fingerprint density at radius 2 is 1.71 bits per heavy atom. The van der Waals surface area contributed by atoms with Gasteiger partial charge in [0.15, 0.2) is 5.76 Å². The van der Waals surface area contributed by atoms with Gasteiger partial charge in [0.25, 0.3) is 5.91 Å². The van der Waals surface area contributed by atoms with Gasteiger partial charge in [0.1, 0.15) is 10.6 Å². The molecule has 1 heterocycles. The van der Waals surface area contributed by atoms with Gasteiger partial charge in [-0.1, -0.05) is 37.6 Å². The van der Waals surface area contributed by atoms with Gasteiger partial charge in [-0.2, -0.15) is 8.42 Å². The lowest BCUT2D eigenvalue weighted by Crippen LogP contribution is -2.36. The predicted octanol–water partition coefficient (Wildman–Crippen LogP) is 5.06. The molecule has 8 nitrogen and oxygen atoms in total. The number of unbranched alkanes of at least 4 members (excludes halogenated alkanes) is 1. The number of furan rings is 1. The van der Waals surface area contributed by atoms with Crippen LogP contribution in [0.5, 0.6) is 5.75 Å². The normalized spacial score (nSPS) is 11.3. The van der Waals surface area contributed by atoms with Crippen LogP contribution in [0, 0.1) is 0 Å². The Morgan fingerprint density at radius 3 is 2.34 bits per heavy atom. The van der Waals surface area contributed by atoms with Crippen molar-refractivity contribution in [2.24, 2.45) is 0 Å². The molecule has 9 heteroatoms. The molecule has 1 aromatic heterocycles. The van der Waals surface area contributed by atoms with Gasteiger partial charge < -0.3 is 18.2 Å². The van der Waals surface area contributed by atoms with Crippen LogP contribution in [0.2, 0.25) is 0 Å². The van der Waals surface area contributed by atoms with Gasteiger partial charge in [0.2, 0.25) is 0 Å². The van der Waals surface area contributed by atoms with Gasteiger partial charge in [-0.25, -0.2) is 4.79 Å². The van der Waals surface area contributed by atoms with E-state index >= 15 is 0 Å². The molecule has 3 aromatic rings. The standard InChI is InChI=1S/C26H29NO7S/c1-4-5-16-33-26(29)22-9-6-7-11-24(22)35(30,31)34-21-14-12-20(13-15-21)18-27(19(2)3)25(28)23-10-8-17-32-23/h6-15,17,19H,4-5,16,18H2,1-3H3. The van der Waals surface area contributed by atoms with Crippen LogP contribution >= 0.6 is 0 Å². The first-order chi connectivity index (χ1) is 16.7. The number of ether oxygens (including phenoxy) is 1. The second-order valence-corrected chi connectivity index (χ2v) is 9.69. The molecule has 0 atom stereocenters. The van der Waals surface area contributed by atoms with Crippen LogP contribution in [0.4, 0.5) is 0 Å². The third-order valence-electron chi connectivity index (χ3n) is 5.21. The van der Waals surface area contributed by atoms with Crippen LogP contribution in [0.1, 0.15) is 60.1 Å². The molecule has 0 aliphatic carbocycles. The molecule has 3 rings (SSSR count). The van der Waals surface area contributed by atoms with Crippen molar-refractivity contribution in [3.63, 3.8) is 0 Å². The minimum Gasteiger partial charge on any atom is -0.462 e. The molecule has 0 spiro atoms. The fraction of sp³-hybridized carbons (Fsp3) is 0.308. The van der Waals surface area contributed by atoms with E-state index < -0.39 is 16.1 Å². The molecular weight excluding hydrogens is 470 g/mol. The quantitative estimate of drug-likeness (QED) is 0.206. The number of benzene rings is 2. The number of nitrogens with zero attached hydrogens (tertiary/aromatic N) is 1. The predicted molar refractivity (Wildman–Crippen MR) is 130 cm³/mol. The molecule has 35 heavy (non-hydrogen) atoms. The molecule has 0 saturated carbocycles. The van der Waals surface area contributed by atoms with Crippen molar-refractivity contribution in [1.82, 2.24) is 4.90 Å². The highest BCUT2D eigenvalue weighted by Crippen LogP contribution is 2.24. The summed E-state index contributed by atoms with van der Waals surface area (Å²) < 4.78 is 41.6. The lowest BCUT2D eigenvalue weighted by atomic mass is 10.1. The number of hydrogen-bond acceptors (Lipinski definition) is 7. The molecule has 1 amide bonds. The first-order valence-corrected chi connectivity index (χ1v) is 12.8. The maximum atomic E-state index is 12.9. The summed E-state index contributed by atoms with van der Waals surface area (Å²) in [4.78, 5) is 26.5. The minimum absolute atomic E-state index is 0.0794. The van der Waals surface area contributed by atoms with Gasteiger partial charge in [-0.3, -0.25) is 4.79 Å². The van der Waals surface area contributed by atoms with Crippen LogP contribution in [-0.4, -0.2) is 37.8 Å². The SMILES string of the molecule is CCCCOC(=O)c1ccccc1S(=O)(=O)Oc1ccc(CN(C(=O)c2ccco2)C(C)C)cc1.